The summed E-state index contributed by atoms with van der Waals surface area (Å²) in [6.45, 7) is 1.74. The molecule has 2 aromatic rings. The van der Waals surface area contributed by atoms with Crippen molar-refractivity contribution in [1.29, 1.82) is 0 Å². The number of rotatable bonds is 2. The maximum Gasteiger partial charge on any atom is 0.295 e. The Bertz CT molecular complexity index is 819. The average Bonchev–Trinajstić information content (AvgIpc) is 3.04. The van der Waals surface area contributed by atoms with Crippen molar-refractivity contribution in [2.75, 3.05) is 7.05 Å². The van der Waals surface area contributed by atoms with Gasteiger partial charge < -0.3 is 14.4 Å². The van der Waals surface area contributed by atoms with Crippen molar-refractivity contribution in [2.24, 2.45) is 0 Å². The number of carbonyl (C=O) groups is 2. The lowest BCUT2D eigenvalue weighted by molar-refractivity contribution is -0.139. The topological polar surface area (TPSA) is 70.8 Å². The first-order chi connectivity index (χ1) is 10.9. The van der Waals surface area contributed by atoms with Gasteiger partial charge in [-0.3, -0.25) is 9.59 Å². The highest BCUT2D eigenvalue weighted by Gasteiger charge is 2.45. The summed E-state index contributed by atoms with van der Waals surface area (Å²) in [4.78, 5) is 25.5. The van der Waals surface area contributed by atoms with E-state index < -0.39 is 23.5 Å². The third-order valence-corrected chi connectivity index (χ3v) is 3.82. The molecule has 118 valence electrons. The number of nitrogens with zero attached hydrogens (tertiary/aromatic N) is 1. The number of aliphatic hydroxyl groups excluding tert-OH is 1. The number of aliphatic hydroxyl groups is 1. The van der Waals surface area contributed by atoms with Crippen LogP contribution in [0.3, 0.4) is 0 Å². The molecule has 1 aromatic carbocycles. The predicted octanol–water partition coefficient (Wildman–Crippen LogP) is 2.78. The first kappa shape index (κ1) is 15.0. The molecule has 1 atom stereocenters. The Morgan fingerprint density at radius 3 is 2.39 bits per heavy atom. The fourth-order valence-corrected chi connectivity index (χ4v) is 2.64. The summed E-state index contributed by atoms with van der Waals surface area (Å²) in [5, 5.41) is 10.5. The zero-order valence-electron chi connectivity index (χ0n) is 12.5. The molecule has 3 rings (SSSR count). The van der Waals surface area contributed by atoms with Crippen LogP contribution in [0.4, 0.5) is 4.39 Å². The molecule has 5 nitrogen and oxygen atoms in total. The normalized spacial score (nSPS) is 20.3. The van der Waals surface area contributed by atoms with Crippen LogP contribution in [0.1, 0.15) is 23.1 Å². The van der Waals surface area contributed by atoms with Gasteiger partial charge in [0, 0.05) is 12.6 Å². The number of ketones is 1. The quantitative estimate of drug-likeness (QED) is 0.525. The maximum atomic E-state index is 13.0. The number of hydrogen-bond donors (Lipinski definition) is 1. The van der Waals surface area contributed by atoms with Crippen molar-refractivity contribution in [3.8, 4) is 0 Å². The van der Waals surface area contributed by atoms with E-state index in [0.717, 1.165) is 0 Å². The molecule has 2 heterocycles. The number of hydrogen-bond acceptors (Lipinski definition) is 4. The molecule has 0 bridgehead atoms. The van der Waals surface area contributed by atoms with Crippen LogP contribution in [-0.2, 0) is 9.59 Å². The molecular weight excluding hydrogens is 301 g/mol. The van der Waals surface area contributed by atoms with Crippen molar-refractivity contribution in [1.82, 2.24) is 4.90 Å². The van der Waals surface area contributed by atoms with E-state index in [4.69, 9.17) is 4.42 Å². The molecule has 1 aliphatic rings. The maximum absolute atomic E-state index is 13.0. The Morgan fingerprint density at radius 2 is 1.83 bits per heavy atom. The van der Waals surface area contributed by atoms with E-state index in [1.54, 1.807) is 19.1 Å². The van der Waals surface area contributed by atoms with Crippen LogP contribution in [0.25, 0.3) is 5.76 Å². The van der Waals surface area contributed by atoms with E-state index in [1.165, 1.54) is 36.2 Å². The molecule has 6 heteroatoms. The highest BCUT2D eigenvalue weighted by atomic mass is 19.1. The van der Waals surface area contributed by atoms with Crippen molar-refractivity contribution in [2.45, 2.75) is 13.0 Å². The van der Waals surface area contributed by atoms with Crippen LogP contribution >= 0.6 is 0 Å². The summed E-state index contributed by atoms with van der Waals surface area (Å²) < 4.78 is 18.5. The van der Waals surface area contributed by atoms with Gasteiger partial charge in [-0.25, -0.2) is 4.39 Å². The van der Waals surface area contributed by atoms with Gasteiger partial charge in [0.15, 0.2) is 0 Å². The number of furan rings is 1. The second-order valence-corrected chi connectivity index (χ2v) is 5.37. The Balaban J connectivity index is 2.16. The number of aryl methyl sites for hydroxylation is 1. The molecule has 1 fully saturated rings. The zero-order valence-corrected chi connectivity index (χ0v) is 12.5. The SMILES string of the molecule is Cc1ccc(C2/C(=C(\O)c3ccc(F)cc3)C(=O)C(=O)N2C)o1. The minimum atomic E-state index is -0.811. The number of halogens is 1. The molecule has 23 heavy (non-hydrogen) atoms. The molecule has 1 aromatic heterocycles. The van der Waals surface area contributed by atoms with Crippen LogP contribution in [0, 0.1) is 12.7 Å². The molecule has 1 saturated heterocycles. The Hall–Kier alpha value is -2.89. The molecule has 1 unspecified atom stereocenters. The second-order valence-electron chi connectivity index (χ2n) is 5.37. The summed E-state index contributed by atoms with van der Waals surface area (Å²) in [5.74, 6) is -1.34. The zero-order chi connectivity index (χ0) is 16.7. The van der Waals surface area contributed by atoms with Gasteiger partial charge in [-0.05, 0) is 43.3 Å². The summed E-state index contributed by atoms with van der Waals surface area (Å²) in [7, 11) is 1.47. The van der Waals surface area contributed by atoms with Gasteiger partial charge in [0.1, 0.15) is 29.1 Å². The summed E-state index contributed by atoms with van der Waals surface area (Å²) in [6, 6.07) is 7.58. The lowest BCUT2D eigenvalue weighted by atomic mass is 9.99. The smallest absolute Gasteiger partial charge is 0.295 e. The van der Waals surface area contributed by atoms with Crippen molar-refractivity contribution in [3.05, 3.63) is 64.9 Å². The Labute approximate surface area is 131 Å². The number of amides is 1. The predicted molar refractivity (Wildman–Crippen MR) is 79.9 cm³/mol. The molecule has 1 aliphatic heterocycles. The highest BCUT2D eigenvalue weighted by molar-refractivity contribution is 6.46. The van der Waals surface area contributed by atoms with Crippen molar-refractivity contribution >= 4 is 17.4 Å². The molecule has 1 amide bonds. The van der Waals surface area contributed by atoms with Gasteiger partial charge in [-0.1, -0.05) is 0 Å². The third kappa shape index (κ3) is 2.42. The number of Topliss-reactive ketones (excluding diaryl/α,β-unsaturated/α-hetero) is 1. The van der Waals surface area contributed by atoms with E-state index >= 15 is 0 Å². The van der Waals surface area contributed by atoms with E-state index in [9.17, 15) is 19.1 Å². The van der Waals surface area contributed by atoms with E-state index in [-0.39, 0.29) is 16.9 Å². The first-order valence-corrected chi connectivity index (χ1v) is 6.97. The Morgan fingerprint density at radius 1 is 1.17 bits per heavy atom. The summed E-state index contributed by atoms with van der Waals surface area (Å²) in [5.41, 5.74) is 0.185. The number of likely N-dealkylation sites (N-methyl/N-ethyl adjacent to an activating group) is 1. The lowest BCUT2D eigenvalue weighted by Gasteiger charge is -2.18. The van der Waals surface area contributed by atoms with Crippen LogP contribution in [0.5, 0.6) is 0 Å². The average molecular weight is 315 g/mol. The minimum Gasteiger partial charge on any atom is -0.507 e. The number of likely N-dealkylation sites (tertiary alicyclic amines) is 1. The van der Waals surface area contributed by atoms with Gasteiger partial charge in [0.2, 0.25) is 0 Å². The van der Waals surface area contributed by atoms with E-state index in [2.05, 4.69) is 0 Å². The van der Waals surface area contributed by atoms with Gasteiger partial charge in [0.05, 0.1) is 5.57 Å². The van der Waals surface area contributed by atoms with Gasteiger partial charge >= 0.3 is 0 Å². The summed E-state index contributed by atoms with van der Waals surface area (Å²) in [6.07, 6.45) is 0. The summed E-state index contributed by atoms with van der Waals surface area (Å²) >= 11 is 0. The molecular formula is C17H14FNO4. The van der Waals surface area contributed by atoms with Gasteiger partial charge in [-0.2, -0.15) is 0 Å². The van der Waals surface area contributed by atoms with Crippen LogP contribution in [0.2, 0.25) is 0 Å². The molecule has 1 N–H and O–H groups in total. The fourth-order valence-electron chi connectivity index (χ4n) is 2.64. The van der Waals surface area contributed by atoms with E-state index in [1.807, 2.05) is 0 Å². The molecule has 0 saturated carbocycles. The standard InChI is InChI=1S/C17H14FNO4/c1-9-3-8-12(23-9)14-13(16(21)17(22)19(14)2)15(20)10-4-6-11(18)7-5-10/h3-8,14,20H,1-2H3/b15-13+. The largest absolute Gasteiger partial charge is 0.507 e. The second kappa shape index (κ2) is 5.39. The van der Waals surface area contributed by atoms with E-state index in [0.29, 0.717) is 11.5 Å². The fraction of sp³-hybridized carbons (Fsp3) is 0.176. The van der Waals surface area contributed by atoms with Gasteiger partial charge in [0.25, 0.3) is 11.7 Å². The third-order valence-electron chi connectivity index (χ3n) is 3.82. The van der Waals surface area contributed by atoms with Crippen molar-refractivity contribution < 1.29 is 23.5 Å². The Kier molecular flexibility index (Phi) is 3.52. The van der Waals surface area contributed by atoms with Crippen LogP contribution < -0.4 is 0 Å². The molecule has 0 radical (unpaired) electrons. The van der Waals surface area contributed by atoms with Gasteiger partial charge in [-0.15, -0.1) is 0 Å². The minimum absolute atomic E-state index is 0.0709. The molecule has 0 aliphatic carbocycles. The highest BCUT2D eigenvalue weighted by Crippen LogP contribution is 2.38. The van der Waals surface area contributed by atoms with Crippen LogP contribution in [0.15, 0.2) is 46.4 Å². The monoisotopic (exact) mass is 315 g/mol. The first-order valence-electron chi connectivity index (χ1n) is 6.97. The number of carbonyl (C=O) groups excluding carboxylic acids is 2. The lowest BCUT2D eigenvalue weighted by Crippen LogP contribution is -2.24. The number of benzene rings is 1. The van der Waals surface area contributed by atoms with Crippen LogP contribution in [-0.4, -0.2) is 28.7 Å². The van der Waals surface area contributed by atoms with Crippen molar-refractivity contribution in [3.63, 3.8) is 0 Å². The molecule has 0 spiro atoms.